The number of H-pyrrole nitrogens is 1. The van der Waals surface area contributed by atoms with Crippen molar-refractivity contribution in [1.29, 1.82) is 5.26 Å². The molecule has 0 saturated carbocycles. The molecule has 0 radical (unpaired) electrons. The van der Waals surface area contributed by atoms with Crippen LogP contribution < -0.4 is 10.6 Å². The molecule has 2 aliphatic heterocycles. The zero-order valence-corrected chi connectivity index (χ0v) is 18.4. The van der Waals surface area contributed by atoms with Gasteiger partial charge in [0, 0.05) is 67.7 Å². The highest BCUT2D eigenvalue weighted by atomic mass is 15.3. The van der Waals surface area contributed by atoms with Crippen LogP contribution in [0.1, 0.15) is 37.8 Å². The quantitative estimate of drug-likeness (QED) is 0.521. The first-order chi connectivity index (χ1) is 15.6. The minimum Gasteiger partial charge on any atom is -0.351 e. The number of hydrogen-bond acceptors (Lipinski definition) is 8. The molecule has 3 aromatic rings. The Kier molecular flexibility index (Phi) is 5.49. The van der Waals surface area contributed by atoms with Gasteiger partial charge >= 0.3 is 0 Å². The summed E-state index contributed by atoms with van der Waals surface area (Å²) in [5.74, 6) is 2.01. The Morgan fingerprint density at radius 1 is 1.19 bits per heavy atom. The van der Waals surface area contributed by atoms with Gasteiger partial charge in [-0.3, -0.25) is 14.7 Å². The highest BCUT2D eigenvalue weighted by Gasteiger charge is 2.40. The number of aromatic nitrogens is 6. The summed E-state index contributed by atoms with van der Waals surface area (Å²) in [6.07, 6.45) is 8.86. The lowest BCUT2D eigenvalue weighted by atomic mass is 9.97. The van der Waals surface area contributed by atoms with E-state index < -0.39 is 0 Å². The summed E-state index contributed by atoms with van der Waals surface area (Å²) in [7, 11) is 1.89. The van der Waals surface area contributed by atoms with Crippen LogP contribution in [0, 0.1) is 18.3 Å². The van der Waals surface area contributed by atoms with E-state index in [-0.39, 0.29) is 0 Å². The molecule has 0 aliphatic carbocycles. The SMILES string of the molecule is Cc1cc(Nc2cc(-c3cnn(C)c3)nc(NC3C[C@H]4CC[C@@H](C3)N4CCC#N)n2)n[nH]1. The summed E-state index contributed by atoms with van der Waals surface area (Å²) in [4.78, 5) is 12.1. The van der Waals surface area contributed by atoms with E-state index >= 15 is 0 Å². The van der Waals surface area contributed by atoms with Gasteiger partial charge < -0.3 is 10.6 Å². The third-order valence-corrected chi connectivity index (χ3v) is 6.39. The Morgan fingerprint density at radius 3 is 2.66 bits per heavy atom. The molecule has 0 amide bonds. The maximum atomic E-state index is 8.97. The number of nitrogens with one attached hydrogen (secondary N) is 3. The van der Waals surface area contributed by atoms with Gasteiger partial charge in [-0.25, -0.2) is 4.98 Å². The zero-order valence-electron chi connectivity index (χ0n) is 18.4. The molecule has 3 N–H and O–H groups in total. The van der Waals surface area contributed by atoms with E-state index in [1.54, 1.807) is 4.68 Å². The van der Waals surface area contributed by atoms with Crippen molar-refractivity contribution in [3.63, 3.8) is 0 Å². The summed E-state index contributed by atoms with van der Waals surface area (Å²) >= 11 is 0. The molecule has 2 saturated heterocycles. The molecule has 3 atom stereocenters. The van der Waals surface area contributed by atoms with E-state index in [0.717, 1.165) is 36.3 Å². The molecule has 2 fully saturated rings. The number of fused-ring (bicyclic) bond motifs is 2. The average Bonchev–Trinajstić information content (AvgIpc) is 3.44. The fourth-order valence-corrected chi connectivity index (χ4v) is 5.01. The molecule has 10 heteroatoms. The van der Waals surface area contributed by atoms with Crippen molar-refractivity contribution in [2.45, 2.75) is 57.2 Å². The number of aryl methyl sites for hydroxylation is 2. The van der Waals surface area contributed by atoms with Crippen molar-refractivity contribution in [1.82, 2.24) is 34.8 Å². The van der Waals surface area contributed by atoms with E-state index in [4.69, 9.17) is 15.2 Å². The highest BCUT2D eigenvalue weighted by Crippen LogP contribution is 2.36. The number of aromatic amines is 1. The Hall–Kier alpha value is -3.45. The summed E-state index contributed by atoms with van der Waals surface area (Å²) in [5.41, 5.74) is 2.72. The highest BCUT2D eigenvalue weighted by molar-refractivity contribution is 5.65. The van der Waals surface area contributed by atoms with Crippen molar-refractivity contribution >= 4 is 17.6 Å². The number of rotatable bonds is 7. The third-order valence-electron chi connectivity index (χ3n) is 6.39. The summed E-state index contributed by atoms with van der Waals surface area (Å²) in [6, 6.07) is 7.52. The maximum Gasteiger partial charge on any atom is 0.225 e. The van der Waals surface area contributed by atoms with Gasteiger partial charge in [0.15, 0.2) is 5.82 Å². The zero-order chi connectivity index (χ0) is 22.1. The molecule has 2 aliphatic rings. The van der Waals surface area contributed by atoms with Crippen molar-refractivity contribution < 1.29 is 0 Å². The van der Waals surface area contributed by atoms with Crippen LogP contribution in [0.15, 0.2) is 24.5 Å². The van der Waals surface area contributed by atoms with Crippen LogP contribution in [0.5, 0.6) is 0 Å². The molecule has 0 aromatic carbocycles. The largest absolute Gasteiger partial charge is 0.351 e. The molecular formula is C22H28N10. The molecule has 0 spiro atoms. The molecule has 5 rings (SSSR count). The average molecular weight is 433 g/mol. The Balaban J connectivity index is 1.37. The van der Waals surface area contributed by atoms with Gasteiger partial charge in [-0.1, -0.05) is 0 Å². The number of nitriles is 1. The second-order valence-electron chi connectivity index (χ2n) is 8.77. The normalized spacial score (nSPS) is 22.6. The number of nitrogens with zero attached hydrogens (tertiary/aromatic N) is 7. The first kappa shape index (κ1) is 20.5. The van der Waals surface area contributed by atoms with E-state index in [2.05, 4.69) is 36.9 Å². The molecule has 166 valence electrons. The summed E-state index contributed by atoms with van der Waals surface area (Å²) in [5, 5.41) is 27.3. The number of anilines is 3. The molecular weight excluding hydrogens is 404 g/mol. The van der Waals surface area contributed by atoms with E-state index in [9.17, 15) is 0 Å². The van der Waals surface area contributed by atoms with Crippen LogP contribution in [0.2, 0.25) is 0 Å². The lowest BCUT2D eigenvalue weighted by Gasteiger charge is -2.38. The van der Waals surface area contributed by atoms with E-state index in [0.29, 0.717) is 42.1 Å². The summed E-state index contributed by atoms with van der Waals surface area (Å²) in [6.45, 7) is 2.84. The molecule has 3 aromatic heterocycles. The van der Waals surface area contributed by atoms with Crippen LogP contribution in [0.25, 0.3) is 11.3 Å². The molecule has 32 heavy (non-hydrogen) atoms. The Labute approximate surface area is 187 Å². The lowest BCUT2D eigenvalue weighted by Crippen LogP contribution is -2.47. The molecule has 10 nitrogen and oxygen atoms in total. The van der Waals surface area contributed by atoms with Gasteiger partial charge in [0.05, 0.1) is 18.0 Å². The van der Waals surface area contributed by atoms with E-state index in [1.165, 1.54) is 12.8 Å². The van der Waals surface area contributed by atoms with Crippen LogP contribution in [0.3, 0.4) is 0 Å². The minimum absolute atomic E-state index is 0.315. The van der Waals surface area contributed by atoms with Crippen molar-refractivity contribution in [2.75, 3.05) is 17.2 Å². The van der Waals surface area contributed by atoms with Crippen molar-refractivity contribution in [3.05, 3.63) is 30.2 Å². The van der Waals surface area contributed by atoms with Crippen molar-refractivity contribution in [3.8, 4) is 17.3 Å². The van der Waals surface area contributed by atoms with Crippen molar-refractivity contribution in [2.24, 2.45) is 7.05 Å². The monoisotopic (exact) mass is 432 g/mol. The number of piperidine rings is 1. The molecule has 2 bridgehead atoms. The fraction of sp³-hybridized carbons (Fsp3) is 0.500. The minimum atomic E-state index is 0.315. The molecule has 5 heterocycles. The van der Waals surface area contributed by atoms with Gasteiger partial charge in [-0.15, -0.1) is 0 Å². The van der Waals surface area contributed by atoms with Crippen LogP contribution >= 0.6 is 0 Å². The lowest BCUT2D eigenvalue weighted by molar-refractivity contribution is 0.135. The predicted molar refractivity (Wildman–Crippen MR) is 121 cm³/mol. The van der Waals surface area contributed by atoms with E-state index in [1.807, 2.05) is 38.5 Å². The molecule has 1 unspecified atom stereocenters. The first-order valence-corrected chi connectivity index (χ1v) is 11.1. The Bertz CT molecular complexity index is 1110. The number of hydrogen-bond donors (Lipinski definition) is 3. The van der Waals surface area contributed by atoms with Gasteiger partial charge in [-0.05, 0) is 32.6 Å². The second-order valence-corrected chi connectivity index (χ2v) is 8.77. The van der Waals surface area contributed by atoms with Crippen LogP contribution in [-0.2, 0) is 7.05 Å². The standard InChI is InChI=1S/C22H28N10/c1-14-8-21(30-29-14)27-20-11-19(15-12-24-31(2)13-15)26-22(28-20)25-16-9-17-4-5-18(10-16)32(17)7-3-6-23/h8,11-13,16-18H,3-5,7,9-10H2,1-2H3,(H3,25,26,27,28,29,30)/t16?,17-,18+. The predicted octanol–water partition coefficient (Wildman–Crippen LogP) is 2.97. The third kappa shape index (κ3) is 4.29. The second kappa shape index (κ2) is 8.59. The van der Waals surface area contributed by atoms with Gasteiger partial charge in [0.1, 0.15) is 5.82 Å². The van der Waals surface area contributed by atoms with Gasteiger partial charge in [-0.2, -0.15) is 20.4 Å². The first-order valence-electron chi connectivity index (χ1n) is 11.1. The smallest absolute Gasteiger partial charge is 0.225 e. The fourth-order valence-electron chi connectivity index (χ4n) is 5.01. The maximum absolute atomic E-state index is 8.97. The van der Waals surface area contributed by atoms with Crippen LogP contribution in [-0.4, -0.2) is 59.5 Å². The Morgan fingerprint density at radius 2 is 2.00 bits per heavy atom. The topological polar surface area (TPSA) is 123 Å². The van der Waals surface area contributed by atoms with Crippen LogP contribution in [0.4, 0.5) is 17.6 Å². The van der Waals surface area contributed by atoms with Gasteiger partial charge in [0.25, 0.3) is 0 Å². The van der Waals surface area contributed by atoms with Gasteiger partial charge in [0.2, 0.25) is 5.95 Å². The summed E-state index contributed by atoms with van der Waals surface area (Å²) < 4.78 is 1.77.